The first-order chi connectivity index (χ1) is 15.2. The first-order valence-electron chi connectivity index (χ1n) is 10.8. The van der Waals surface area contributed by atoms with Crippen molar-refractivity contribution in [3.63, 3.8) is 0 Å². The Balaban J connectivity index is 1.50. The van der Waals surface area contributed by atoms with Crippen LogP contribution >= 0.6 is 0 Å². The first-order valence-corrected chi connectivity index (χ1v) is 10.8. The molecule has 174 valence electrons. The van der Waals surface area contributed by atoms with Crippen LogP contribution in [0.1, 0.15) is 55.2 Å². The van der Waals surface area contributed by atoms with Crippen LogP contribution in [0.4, 0.5) is 22.0 Å². The van der Waals surface area contributed by atoms with E-state index in [0.717, 1.165) is 43.4 Å². The summed E-state index contributed by atoms with van der Waals surface area (Å²) in [6, 6.07) is 11.4. The number of hydrogen-bond acceptors (Lipinski definition) is 2. The molecule has 1 saturated carbocycles. The minimum Gasteiger partial charge on any atom is -0.406 e. The van der Waals surface area contributed by atoms with Gasteiger partial charge in [0.25, 0.3) is 0 Å². The topological polar surface area (TPSA) is 18.5 Å². The Labute approximate surface area is 185 Å². The monoisotopic (exact) mass is 454 g/mol. The SMILES string of the molecule is C/C=C/[C@H]1CC[C@H](c2ccc(C(F)(F)OCCc3ccc(OC(F)(F)F)cc3)cc2)CC1. The highest BCUT2D eigenvalue weighted by Gasteiger charge is 2.33. The molecule has 0 saturated heterocycles. The lowest BCUT2D eigenvalue weighted by Gasteiger charge is -2.27. The lowest BCUT2D eigenvalue weighted by molar-refractivity contribution is -0.274. The van der Waals surface area contributed by atoms with Crippen molar-refractivity contribution in [3.8, 4) is 5.75 Å². The molecule has 1 aliphatic rings. The summed E-state index contributed by atoms with van der Waals surface area (Å²) >= 11 is 0. The Kier molecular flexibility index (Phi) is 7.93. The molecule has 2 aromatic rings. The molecule has 1 aliphatic carbocycles. The summed E-state index contributed by atoms with van der Waals surface area (Å²) in [5.41, 5.74) is 1.43. The zero-order valence-electron chi connectivity index (χ0n) is 17.9. The highest BCUT2D eigenvalue weighted by Crippen LogP contribution is 2.37. The van der Waals surface area contributed by atoms with Gasteiger partial charge < -0.3 is 9.47 Å². The predicted molar refractivity (Wildman–Crippen MR) is 113 cm³/mol. The van der Waals surface area contributed by atoms with E-state index in [9.17, 15) is 22.0 Å². The fraction of sp³-hybridized carbons (Fsp3) is 0.440. The van der Waals surface area contributed by atoms with Crippen LogP contribution in [0.25, 0.3) is 0 Å². The maximum Gasteiger partial charge on any atom is 0.573 e. The number of rotatable bonds is 8. The van der Waals surface area contributed by atoms with Gasteiger partial charge in [0.2, 0.25) is 0 Å². The van der Waals surface area contributed by atoms with E-state index in [2.05, 4.69) is 16.9 Å². The lowest BCUT2D eigenvalue weighted by atomic mass is 9.78. The second-order valence-electron chi connectivity index (χ2n) is 8.07. The molecule has 0 unspecified atom stereocenters. The van der Waals surface area contributed by atoms with Crippen LogP contribution in [0.5, 0.6) is 5.75 Å². The maximum absolute atomic E-state index is 14.4. The van der Waals surface area contributed by atoms with Gasteiger partial charge in [0, 0.05) is 0 Å². The van der Waals surface area contributed by atoms with E-state index in [0.29, 0.717) is 17.4 Å². The molecule has 7 heteroatoms. The van der Waals surface area contributed by atoms with Crippen molar-refractivity contribution in [1.29, 1.82) is 0 Å². The Bertz CT molecular complexity index is 865. The van der Waals surface area contributed by atoms with Crippen molar-refractivity contribution in [2.24, 2.45) is 5.92 Å². The van der Waals surface area contributed by atoms with Gasteiger partial charge in [0.1, 0.15) is 5.75 Å². The summed E-state index contributed by atoms with van der Waals surface area (Å²) < 4.78 is 74.0. The van der Waals surface area contributed by atoms with Gasteiger partial charge in [-0.3, -0.25) is 0 Å². The zero-order valence-corrected chi connectivity index (χ0v) is 17.9. The molecule has 2 nitrogen and oxygen atoms in total. The molecule has 3 rings (SSSR count). The van der Waals surface area contributed by atoms with Gasteiger partial charge >= 0.3 is 12.5 Å². The Morgan fingerprint density at radius 3 is 2.06 bits per heavy atom. The molecule has 0 spiro atoms. The third-order valence-electron chi connectivity index (χ3n) is 5.79. The third kappa shape index (κ3) is 7.05. The van der Waals surface area contributed by atoms with Crippen LogP contribution in [0.15, 0.2) is 60.7 Å². The van der Waals surface area contributed by atoms with Crippen LogP contribution in [-0.4, -0.2) is 13.0 Å². The predicted octanol–water partition coefficient (Wildman–Crippen LogP) is 7.74. The molecule has 32 heavy (non-hydrogen) atoms. The van der Waals surface area contributed by atoms with Crippen molar-refractivity contribution in [1.82, 2.24) is 0 Å². The molecular weight excluding hydrogens is 427 g/mol. The Morgan fingerprint density at radius 1 is 0.875 bits per heavy atom. The van der Waals surface area contributed by atoms with E-state index in [1.165, 1.54) is 24.3 Å². The molecule has 0 N–H and O–H groups in total. The van der Waals surface area contributed by atoms with Gasteiger partial charge in [-0.25, -0.2) is 0 Å². The van der Waals surface area contributed by atoms with Crippen LogP contribution in [0.2, 0.25) is 0 Å². The van der Waals surface area contributed by atoms with Gasteiger partial charge in [-0.15, -0.1) is 13.2 Å². The Hall–Kier alpha value is -2.41. The summed E-state index contributed by atoms with van der Waals surface area (Å²) in [5, 5.41) is 0. The average molecular weight is 454 g/mol. The standard InChI is InChI=1S/C25H27F5O2/c1-2-3-18-4-8-20(9-5-18)21-10-12-22(13-11-21)24(26,27)31-17-16-19-6-14-23(15-7-19)32-25(28,29)30/h2-3,6-7,10-15,18,20H,4-5,8-9,16-17H2,1H3/b3-2+/t18-,20-. The molecule has 0 atom stereocenters. The van der Waals surface area contributed by atoms with Crippen LogP contribution < -0.4 is 4.74 Å². The van der Waals surface area contributed by atoms with Crippen molar-refractivity contribution in [2.75, 3.05) is 6.61 Å². The largest absolute Gasteiger partial charge is 0.573 e. The fourth-order valence-electron chi connectivity index (χ4n) is 4.10. The second kappa shape index (κ2) is 10.5. The van der Waals surface area contributed by atoms with E-state index >= 15 is 0 Å². The molecule has 0 radical (unpaired) electrons. The number of benzene rings is 2. The van der Waals surface area contributed by atoms with Gasteiger partial charge in [-0.2, -0.15) is 8.78 Å². The van der Waals surface area contributed by atoms with Gasteiger partial charge in [0.15, 0.2) is 0 Å². The van der Waals surface area contributed by atoms with Crippen LogP contribution in [-0.2, 0) is 17.3 Å². The number of ether oxygens (including phenoxy) is 2. The number of allylic oxidation sites excluding steroid dienone is 2. The molecule has 0 aliphatic heterocycles. The van der Waals surface area contributed by atoms with Crippen molar-refractivity contribution in [3.05, 3.63) is 77.4 Å². The van der Waals surface area contributed by atoms with E-state index in [4.69, 9.17) is 4.74 Å². The van der Waals surface area contributed by atoms with E-state index in [1.54, 1.807) is 12.1 Å². The highest BCUT2D eigenvalue weighted by atomic mass is 19.4. The van der Waals surface area contributed by atoms with Crippen molar-refractivity contribution >= 4 is 0 Å². The minimum atomic E-state index is -4.77. The molecule has 0 bridgehead atoms. The molecule has 0 aromatic heterocycles. The maximum atomic E-state index is 14.4. The lowest BCUT2D eigenvalue weighted by Crippen LogP contribution is -2.20. The third-order valence-corrected chi connectivity index (χ3v) is 5.79. The highest BCUT2D eigenvalue weighted by molar-refractivity contribution is 5.29. The Morgan fingerprint density at radius 2 is 1.50 bits per heavy atom. The molecule has 0 heterocycles. The van der Waals surface area contributed by atoms with E-state index < -0.39 is 12.5 Å². The minimum absolute atomic E-state index is 0.134. The van der Waals surface area contributed by atoms with Gasteiger partial charge in [0.05, 0.1) is 12.2 Å². The molecule has 0 amide bonds. The summed E-state index contributed by atoms with van der Waals surface area (Å²) in [7, 11) is 0. The molecular formula is C25H27F5O2. The van der Waals surface area contributed by atoms with Crippen molar-refractivity contribution in [2.45, 2.75) is 57.4 Å². The van der Waals surface area contributed by atoms with E-state index in [1.807, 2.05) is 6.92 Å². The van der Waals surface area contributed by atoms with Crippen LogP contribution in [0, 0.1) is 5.92 Å². The normalized spacial score (nSPS) is 19.9. The zero-order chi connectivity index (χ0) is 23.2. The summed E-state index contributed by atoms with van der Waals surface area (Å²) in [6.07, 6.45) is 0.562. The van der Waals surface area contributed by atoms with Crippen LogP contribution in [0.3, 0.4) is 0 Å². The van der Waals surface area contributed by atoms with Crippen molar-refractivity contribution < 1.29 is 31.4 Å². The quantitative estimate of drug-likeness (QED) is 0.300. The summed E-state index contributed by atoms with van der Waals surface area (Å²) in [4.78, 5) is 0. The number of alkyl halides is 5. The number of hydrogen-bond donors (Lipinski definition) is 0. The van der Waals surface area contributed by atoms with E-state index in [-0.39, 0.29) is 24.3 Å². The van der Waals surface area contributed by atoms with Gasteiger partial charge in [-0.1, -0.05) is 48.6 Å². The molecule has 1 fully saturated rings. The molecule has 2 aromatic carbocycles. The summed E-state index contributed by atoms with van der Waals surface area (Å²) in [5.74, 6) is 0.647. The first kappa shape index (κ1) is 24.2. The average Bonchev–Trinajstić information content (AvgIpc) is 2.75. The van der Waals surface area contributed by atoms with Gasteiger partial charge in [-0.05, 0) is 74.1 Å². The summed E-state index contributed by atoms with van der Waals surface area (Å²) in [6.45, 7) is 1.75. The smallest absolute Gasteiger partial charge is 0.406 e. The second-order valence-corrected chi connectivity index (χ2v) is 8.07. The number of halogens is 5. The fourth-order valence-corrected chi connectivity index (χ4v) is 4.10.